The Balaban J connectivity index is 0.00000400. The molecule has 124 valence electrons. The largest absolute Gasteiger partial charge is 0.353 e. The maximum absolute atomic E-state index is 11.6. The third-order valence-corrected chi connectivity index (χ3v) is 3.35. The molecule has 1 aliphatic heterocycles. The summed E-state index contributed by atoms with van der Waals surface area (Å²) < 4.78 is 0. The molecule has 2 amide bonds. The van der Waals surface area contributed by atoms with Crippen molar-refractivity contribution in [3.63, 3.8) is 0 Å². The number of carbonyl (C=O) groups excluding carboxylic acids is 2. The molecule has 0 aromatic carbocycles. The van der Waals surface area contributed by atoms with E-state index in [1.54, 1.807) is 0 Å². The fourth-order valence-electron chi connectivity index (χ4n) is 2.04. The average molecular weight is 321 g/mol. The fourth-order valence-corrected chi connectivity index (χ4v) is 2.04. The lowest BCUT2D eigenvalue weighted by Crippen LogP contribution is -2.47. The zero-order chi connectivity index (χ0) is 14.8. The summed E-state index contributed by atoms with van der Waals surface area (Å²) >= 11 is 0. The highest BCUT2D eigenvalue weighted by atomic mass is 35.5. The average Bonchev–Trinajstić information content (AvgIpc) is 2.44. The van der Waals surface area contributed by atoms with E-state index in [1.807, 2.05) is 0 Å². The molecule has 0 radical (unpaired) electrons. The van der Waals surface area contributed by atoms with Crippen LogP contribution in [0.15, 0.2) is 0 Å². The first-order valence-electron chi connectivity index (χ1n) is 7.54. The molecule has 0 spiro atoms. The minimum absolute atomic E-state index is 0. The molecule has 0 bridgehead atoms. The van der Waals surface area contributed by atoms with E-state index in [1.165, 1.54) is 0 Å². The van der Waals surface area contributed by atoms with Crippen LogP contribution in [-0.4, -0.2) is 62.5 Å². The van der Waals surface area contributed by atoms with Gasteiger partial charge in [-0.2, -0.15) is 0 Å². The van der Waals surface area contributed by atoms with Crippen LogP contribution in [-0.2, 0) is 9.59 Å². The van der Waals surface area contributed by atoms with Gasteiger partial charge in [-0.1, -0.05) is 13.8 Å². The maximum atomic E-state index is 11.6. The number of halogens is 1. The molecular formula is C14H29ClN4O2. The van der Waals surface area contributed by atoms with Crippen molar-refractivity contribution in [3.8, 4) is 0 Å². The molecule has 1 rings (SSSR count). The molecule has 0 aromatic heterocycles. The normalized spacial score (nSPS) is 15.4. The van der Waals surface area contributed by atoms with Crippen molar-refractivity contribution in [1.82, 2.24) is 20.9 Å². The lowest BCUT2D eigenvalue weighted by Gasteiger charge is -2.27. The minimum Gasteiger partial charge on any atom is -0.353 e. The standard InChI is InChI=1S/C14H28N4O2.ClH/c1-12(2)3-4-13(19)17-11-14(20)16-7-10-18-8-5-15-6-9-18;/h12,15H,3-11H2,1-2H3,(H,16,20)(H,17,19);1H. The molecule has 21 heavy (non-hydrogen) atoms. The lowest BCUT2D eigenvalue weighted by molar-refractivity contribution is -0.126. The second-order valence-electron chi connectivity index (χ2n) is 5.65. The minimum atomic E-state index is -0.113. The number of rotatable bonds is 8. The summed E-state index contributed by atoms with van der Waals surface area (Å²) in [5.74, 6) is 0.350. The summed E-state index contributed by atoms with van der Waals surface area (Å²) in [7, 11) is 0. The molecule has 1 heterocycles. The Morgan fingerprint density at radius 1 is 1.14 bits per heavy atom. The van der Waals surface area contributed by atoms with Gasteiger partial charge in [-0.05, 0) is 12.3 Å². The predicted octanol–water partition coefficient (Wildman–Crippen LogP) is -0.0180. The number of piperazine rings is 1. The van der Waals surface area contributed by atoms with Crippen molar-refractivity contribution in [2.75, 3.05) is 45.8 Å². The Morgan fingerprint density at radius 2 is 1.81 bits per heavy atom. The van der Waals surface area contributed by atoms with Crippen LogP contribution in [0.4, 0.5) is 0 Å². The van der Waals surface area contributed by atoms with E-state index in [4.69, 9.17) is 0 Å². The number of hydrogen-bond donors (Lipinski definition) is 3. The van der Waals surface area contributed by atoms with Crippen LogP contribution in [0.3, 0.4) is 0 Å². The molecule has 1 aliphatic rings. The summed E-state index contributed by atoms with van der Waals surface area (Å²) in [6, 6.07) is 0. The SMILES string of the molecule is CC(C)CCC(=O)NCC(=O)NCCN1CCNCC1.Cl. The van der Waals surface area contributed by atoms with Gasteiger partial charge in [-0.3, -0.25) is 14.5 Å². The van der Waals surface area contributed by atoms with Gasteiger partial charge in [0.25, 0.3) is 0 Å². The maximum Gasteiger partial charge on any atom is 0.239 e. The summed E-state index contributed by atoms with van der Waals surface area (Å²) in [5.41, 5.74) is 0. The molecule has 3 N–H and O–H groups in total. The van der Waals surface area contributed by atoms with Crippen LogP contribution in [0.25, 0.3) is 0 Å². The van der Waals surface area contributed by atoms with Crippen molar-refractivity contribution < 1.29 is 9.59 Å². The number of nitrogens with zero attached hydrogens (tertiary/aromatic N) is 1. The molecule has 0 atom stereocenters. The summed E-state index contributed by atoms with van der Waals surface area (Å²) in [6.07, 6.45) is 1.35. The van der Waals surface area contributed by atoms with E-state index in [-0.39, 0.29) is 30.8 Å². The number of nitrogens with one attached hydrogen (secondary N) is 3. The van der Waals surface area contributed by atoms with Crippen LogP contribution in [0, 0.1) is 5.92 Å². The third kappa shape index (κ3) is 10.5. The second-order valence-corrected chi connectivity index (χ2v) is 5.65. The van der Waals surface area contributed by atoms with Crippen molar-refractivity contribution in [2.45, 2.75) is 26.7 Å². The summed E-state index contributed by atoms with van der Waals surface area (Å²) in [4.78, 5) is 25.4. The number of hydrogen-bond acceptors (Lipinski definition) is 4. The van der Waals surface area contributed by atoms with E-state index in [9.17, 15) is 9.59 Å². The van der Waals surface area contributed by atoms with Gasteiger partial charge in [-0.25, -0.2) is 0 Å². The van der Waals surface area contributed by atoms with E-state index >= 15 is 0 Å². The molecule has 0 unspecified atom stereocenters. The Bertz CT molecular complexity index is 307. The first-order valence-corrected chi connectivity index (χ1v) is 7.54. The van der Waals surface area contributed by atoms with E-state index in [2.05, 4.69) is 34.7 Å². The monoisotopic (exact) mass is 320 g/mol. The first-order chi connectivity index (χ1) is 9.58. The van der Waals surface area contributed by atoms with Crippen LogP contribution >= 0.6 is 12.4 Å². The summed E-state index contributed by atoms with van der Waals surface area (Å²) in [5, 5.41) is 8.78. The van der Waals surface area contributed by atoms with Crippen LogP contribution in [0.5, 0.6) is 0 Å². The zero-order valence-corrected chi connectivity index (χ0v) is 13.9. The van der Waals surface area contributed by atoms with Crippen LogP contribution in [0.1, 0.15) is 26.7 Å². The zero-order valence-electron chi connectivity index (χ0n) is 13.1. The molecule has 0 saturated carbocycles. The highest BCUT2D eigenvalue weighted by molar-refractivity contribution is 5.85. The third-order valence-electron chi connectivity index (χ3n) is 3.35. The predicted molar refractivity (Wildman–Crippen MR) is 86.6 cm³/mol. The van der Waals surface area contributed by atoms with Gasteiger partial charge in [0.05, 0.1) is 6.54 Å². The Morgan fingerprint density at radius 3 is 2.43 bits per heavy atom. The molecule has 0 aliphatic carbocycles. The molecule has 0 aromatic rings. The molecule has 7 heteroatoms. The van der Waals surface area contributed by atoms with E-state index in [0.717, 1.165) is 39.1 Å². The van der Waals surface area contributed by atoms with Crippen molar-refractivity contribution in [3.05, 3.63) is 0 Å². The fraction of sp³-hybridized carbons (Fsp3) is 0.857. The topological polar surface area (TPSA) is 73.5 Å². The van der Waals surface area contributed by atoms with Gasteiger partial charge in [0.2, 0.25) is 11.8 Å². The van der Waals surface area contributed by atoms with Crippen molar-refractivity contribution >= 4 is 24.2 Å². The van der Waals surface area contributed by atoms with Gasteiger partial charge in [0, 0.05) is 45.7 Å². The summed E-state index contributed by atoms with van der Waals surface area (Å²) in [6.45, 7) is 9.84. The molecular weight excluding hydrogens is 292 g/mol. The van der Waals surface area contributed by atoms with Crippen molar-refractivity contribution in [1.29, 1.82) is 0 Å². The molecule has 1 fully saturated rings. The highest BCUT2D eigenvalue weighted by Crippen LogP contribution is 2.02. The number of amides is 2. The quantitative estimate of drug-likeness (QED) is 0.588. The number of carbonyl (C=O) groups is 2. The van der Waals surface area contributed by atoms with Crippen molar-refractivity contribution in [2.24, 2.45) is 5.92 Å². The highest BCUT2D eigenvalue weighted by Gasteiger charge is 2.10. The Hall–Kier alpha value is -0.850. The van der Waals surface area contributed by atoms with E-state index < -0.39 is 0 Å². The van der Waals surface area contributed by atoms with Gasteiger partial charge >= 0.3 is 0 Å². The van der Waals surface area contributed by atoms with Gasteiger partial charge in [0.1, 0.15) is 0 Å². The second kappa shape index (κ2) is 11.8. The van der Waals surface area contributed by atoms with Gasteiger partial charge in [0.15, 0.2) is 0 Å². The van der Waals surface area contributed by atoms with Gasteiger partial charge in [-0.15, -0.1) is 12.4 Å². The molecule has 1 saturated heterocycles. The van der Waals surface area contributed by atoms with Gasteiger partial charge < -0.3 is 16.0 Å². The Labute approximate surface area is 133 Å². The Kier molecular flexibility index (Phi) is 11.3. The first kappa shape index (κ1) is 20.1. The smallest absolute Gasteiger partial charge is 0.239 e. The van der Waals surface area contributed by atoms with Crippen LogP contribution in [0.2, 0.25) is 0 Å². The molecule has 6 nitrogen and oxygen atoms in total. The van der Waals surface area contributed by atoms with Crippen LogP contribution < -0.4 is 16.0 Å². The van der Waals surface area contributed by atoms with E-state index in [0.29, 0.717) is 18.9 Å². The lowest BCUT2D eigenvalue weighted by atomic mass is 10.1.